The number of hydrazone groups is 1. The minimum absolute atomic E-state index is 0.0385. The second kappa shape index (κ2) is 5.57. The van der Waals surface area contributed by atoms with Gasteiger partial charge >= 0.3 is 0 Å². The molecule has 0 radical (unpaired) electrons. The van der Waals surface area contributed by atoms with Crippen molar-refractivity contribution in [2.45, 2.75) is 0 Å². The third kappa shape index (κ3) is 2.89. The zero-order chi connectivity index (χ0) is 14.8. The summed E-state index contributed by atoms with van der Waals surface area (Å²) in [5.41, 5.74) is 6.25. The molecule has 8 heteroatoms. The van der Waals surface area contributed by atoms with Gasteiger partial charge in [-0.05, 0) is 12.2 Å². The second-order valence-corrected chi connectivity index (χ2v) is 4.99. The summed E-state index contributed by atoms with van der Waals surface area (Å²) < 4.78 is 5.21. The Morgan fingerprint density at radius 2 is 2.10 bits per heavy atom. The molecule has 8 nitrogen and oxygen atoms in total. The number of carbonyl (C=O) groups is 2. The maximum absolute atomic E-state index is 12.2. The van der Waals surface area contributed by atoms with Crippen LogP contribution in [-0.4, -0.2) is 71.9 Å². The highest BCUT2D eigenvalue weighted by Crippen LogP contribution is 2.13. The third-order valence-corrected chi connectivity index (χ3v) is 3.49. The first kappa shape index (κ1) is 13.6. The topological polar surface area (TPSA) is 91.5 Å². The smallest absolute Gasteiger partial charge is 0.263 e. The first-order chi connectivity index (χ1) is 10.1. The van der Waals surface area contributed by atoms with E-state index in [1.165, 1.54) is 5.01 Å². The number of ether oxygens (including phenoxy) is 1. The fourth-order valence-electron chi connectivity index (χ4n) is 2.34. The molecule has 1 saturated heterocycles. The highest BCUT2D eigenvalue weighted by molar-refractivity contribution is 6.01. The van der Waals surface area contributed by atoms with Gasteiger partial charge in [-0.25, -0.2) is 5.01 Å². The Morgan fingerprint density at radius 1 is 1.33 bits per heavy atom. The van der Waals surface area contributed by atoms with E-state index in [0.717, 1.165) is 0 Å². The van der Waals surface area contributed by atoms with Gasteiger partial charge in [0, 0.05) is 25.0 Å². The first-order valence-electron chi connectivity index (χ1n) is 6.80. The maximum atomic E-state index is 12.2. The van der Waals surface area contributed by atoms with Crippen molar-refractivity contribution in [3.05, 3.63) is 24.0 Å². The molecular weight excluding hydrogens is 274 g/mol. The Morgan fingerprint density at radius 3 is 2.86 bits per heavy atom. The van der Waals surface area contributed by atoms with Gasteiger partial charge < -0.3 is 20.3 Å². The number of hydrogen-bond donors (Lipinski definition) is 1. The van der Waals surface area contributed by atoms with E-state index in [2.05, 4.69) is 5.10 Å². The quantitative estimate of drug-likeness (QED) is 0.681. The van der Waals surface area contributed by atoms with E-state index >= 15 is 0 Å². The van der Waals surface area contributed by atoms with Crippen LogP contribution in [0.15, 0.2) is 29.2 Å². The van der Waals surface area contributed by atoms with Crippen LogP contribution >= 0.6 is 0 Å². The lowest BCUT2D eigenvalue weighted by Gasteiger charge is -2.33. The van der Waals surface area contributed by atoms with E-state index in [4.69, 9.17) is 10.5 Å². The van der Waals surface area contributed by atoms with E-state index in [9.17, 15) is 9.59 Å². The van der Waals surface area contributed by atoms with Gasteiger partial charge in [0.2, 0.25) is 5.91 Å². The molecule has 0 aromatic heterocycles. The average Bonchev–Trinajstić information content (AvgIpc) is 2.49. The average molecular weight is 291 g/mol. The van der Waals surface area contributed by atoms with Gasteiger partial charge in [0.25, 0.3) is 5.91 Å². The highest BCUT2D eigenvalue weighted by Gasteiger charge is 2.29. The number of carbonyl (C=O) groups excluding carboxylic acids is 2. The third-order valence-electron chi connectivity index (χ3n) is 3.49. The predicted octanol–water partition coefficient (Wildman–Crippen LogP) is -1.33. The van der Waals surface area contributed by atoms with Crippen LogP contribution in [0.1, 0.15) is 0 Å². The molecule has 2 N–H and O–H groups in total. The predicted molar refractivity (Wildman–Crippen MR) is 74.7 cm³/mol. The van der Waals surface area contributed by atoms with Crippen molar-refractivity contribution in [2.24, 2.45) is 10.8 Å². The van der Waals surface area contributed by atoms with Gasteiger partial charge in [-0.1, -0.05) is 0 Å². The minimum Gasteiger partial charge on any atom is -0.398 e. The monoisotopic (exact) mass is 291 g/mol. The second-order valence-electron chi connectivity index (χ2n) is 4.99. The van der Waals surface area contributed by atoms with E-state index < -0.39 is 0 Å². The summed E-state index contributed by atoms with van der Waals surface area (Å²) in [7, 11) is 0. The number of rotatable bonds is 2. The Kier molecular flexibility index (Phi) is 3.61. The lowest BCUT2D eigenvalue weighted by Crippen LogP contribution is -2.50. The van der Waals surface area contributed by atoms with Gasteiger partial charge in [0.15, 0.2) is 5.84 Å². The Labute approximate surface area is 122 Å². The van der Waals surface area contributed by atoms with Crippen molar-refractivity contribution in [2.75, 3.05) is 39.4 Å². The molecule has 0 atom stereocenters. The van der Waals surface area contributed by atoms with Gasteiger partial charge in [-0.15, -0.1) is 0 Å². The number of allylic oxidation sites excluding steroid dienone is 1. The number of fused-ring (bicyclic) bond motifs is 1. The van der Waals surface area contributed by atoms with Crippen LogP contribution in [0.25, 0.3) is 0 Å². The highest BCUT2D eigenvalue weighted by atomic mass is 16.5. The molecule has 2 amide bonds. The number of amidine groups is 1. The summed E-state index contributed by atoms with van der Waals surface area (Å²) in [6.07, 6.45) is 5.11. The van der Waals surface area contributed by atoms with Gasteiger partial charge in [0.1, 0.15) is 13.1 Å². The molecule has 0 bridgehead atoms. The summed E-state index contributed by atoms with van der Waals surface area (Å²) in [5.74, 6) is 0.276. The Bertz CT molecular complexity index is 548. The molecular formula is C13H17N5O3. The lowest BCUT2D eigenvalue weighted by molar-refractivity contribution is -0.143. The fraction of sp³-hybridized carbons (Fsp3) is 0.462. The van der Waals surface area contributed by atoms with Crippen molar-refractivity contribution in [3.63, 3.8) is 0 Å². The SMILES string of the molecule is NC1=CN2CC(=O)N(CC(=O)N3CCOCC3)N=C2C=C1. The van der Waals surface area contributed by atoms with E-state index in [1.807, 2.05) is 0 Å². The largest absolute Gasteiger partial charge is 0.398 e. The van der Waals surface area contributed by atoms with Crippen LogP contribution in [0.2, 0.25) is 0 Å². The molecule has 0 spiro atoms. The molecule has 0 aromatic rings. The zero-order valence-corrected chi connectivity index (χ0v) is 11.6. The van der Waals surface area contributed by atoms with Crippen LogP contribution in [0.3, 0.4) is 0 Å². The van der Waals surface area contributed by atoms with Crippen LogP contribution in [-0.2, 0) is 14.3 Å². The normalized spacial score (nSPS) is 21.9. The number of nitrogens with zero attached hydrogens (tertiary/aromatic N) is 4. The van der Waals surface area contributed by atoms with E-state index in [0.29, 0.717) is 37.8 Å². The Hall–Kier alpha value is -2.35. The molecule has 3 aliphatic rings. The molecule has 0 aromatic carbocycles. The molecule has 0 unspecified atom stereocenters. The van der Waals surface area contributed by atoms with Crippen molar-refractivity contribution < 1.29 is 14.3 Å². The number of morpholine rings is 1. The first-order valence-corrected chi connectivity index (χ1v) is 6.80. The molecule has 1 fully saturated rings. The van der Waals surface area contributed by atoms with Crippen molar-refractivity contribution in [1.29, 1.82) is 0 Å². The van der Waals surface area contributed by atoms with Crippen LogP contribution < -0.4 is 5.73 Å². The maximum Gasteiger partial charge on any atom is 0.263 e. The summed E-state index contributed by atoms with van der Waals surface area (Å²) in [6.45, 7) is 2.29. The zero-order valence-electron chi connectivity index (χ0n) is 11.6. The van der Waals surface area contributed by atoms with Gasteiger partial charge in [-0.2, -0.15) is 5.10 Å². The van der Waals surface area contributed by atoms with E-state index in [1.54, 1.807) is 28.2 Å². The molecule has 3 aliphatic heterocycles. The Balaban J connectivity index is 1.68. The van der Waals surface area contributed by atoms with Crippen LogP contribution in [0.5, 0.6) is 0 Å². The molecule has 3 rings (SSSR count). The molecule has 21 heavy (non-hydrogen) atoms. The standard InChI is InChI=1S/C13H17N5O3/c14-10-1-2-11-15-18(13(20)8-17(11)7-10)9-12(19)16-3-5-21-6-4-16/h1-2,7H,3-6,8-9,14H2. The molecule has 3 heterocycles. The number of nitrogens with two attached hydrogens (primary N) is 1. The van der Waals surface area contributed by atoms with Gasteiger partial charge in [-0.3, -0.25) is 9.59 Å². The van der Waals surface area contributed by atoms with E-state index in [-0.39, 0.29) is 24.9 Å². The minimum atomic E-state index is -0.222. The van der Waals surface area contributed by atoms with Crippen molar-refractivity contribution in [3.8, 4) is 0 Å². The molecule has 112 valence electrons. The summed E-state index contributed by atoms with van der Waals surface area (Å²) in [4.78, 5) is 27.6. The fourth-order valence-corrected chi connectivity index (χ4v) is 2.34. The summed E-state index contributed by atoms with van der Waals surface area (Å²) >= 11 is 0. The van der Waals surface area contributed by atoms with Crippen LogP contribution in [0, 0.1) is 0 Å². The molecule has 0 aliphatic carbocycles. The lowest BCUT2D eigenvalue weighted by atomic mass is 10.2. The van der Waals surface area contributed by atoms with Crippen LogP contribution in [0.4, 0.5) is 0 Å². The van der Waals surface area contributed by atoms with Crippen molar-refractivity contribution >= 4 is 17.6 Å². The summed E-state index contributed by atoms with van der Waals surface area (Å²) in [5, 5.41) is 5.44. The number of hydrogen-bond acceptors (Lipinski definition) is 6. The van der Waals surface area contributed by atoms with Crippen molar-refractivity contribution in [1.82, 2.24) is 14.8 Å². The summed E-state index contributed by atoms with van der Waals surface area (Å²) in [6, 6.07) is 0. The molecule has 0 saturated carbocycles. The number of amides is 2. The van der Waals surface area contributed by atoms with Gasteiger partial charge in [0.05, 0.1) is 13.2 Å².